The summed E-state index contributed by atoms with van der Waals surface area (Å²) in [6.45, 7) is 6.52. The van der Waals surface area contributed by atoms with Gasteiger partial charge in [-0.1, -0.05) is 13.8 Å². The first-order chi connectivity index (χ1) is 4.22. The van der Waals surface area contributed by atoms with Crippen molar-refractivity contribution < 1.29 is 9.47 Å². The summed E-state index contributed by atoms with van der Waals surface area (Å²) in [4.78, 5) is 0. The molecule has 9 heavy (non-hydrogen) atoms. The average Bonchev–Trinajstić information content (AvgIpc) is 2.13. The van der Waals surface area contributed by atoms with E-state index >= 15 is 0 Å². The molecule has 0 radical (unpaired) electrons. The van der Waals surface area contributed by atoms with E-state index in [-0.39, 0.29) is 0 Å². The van der Waals surface area contributed by atoms with Crippen LogP contribution in [0, 0.1) is 5.92 Å². The second kappa shape index (κ2) is 2.29. The van der Waals surface area contributed by atoms with Crippen LogP contribution >= 0.6 is 0 Å². The van der Waals surface area contributed by atoms with E-state index in [0.717, 1.165) is 11.5 Å². The molecule has 0 aromatic rings. The first-order valence-electron chi connectivity index (χ1n) is 3.18. The predicted octanol–water partition coefficient (Wildman–Crippen LogP) is 1.88. The molecule has 0 amide bonds. The fourth-order valence-electron chi connectivity index (χ4n) is 0.927. The molecule has 0 N–H and O–H groups in total. The van der Waals surface area contributed by atoms with Crippen LogP contribution in [0.25, 0.3) is 0 Å². The van der Waals surface area contributed by atoms with E-state index in [4.69, 9.17) is 9.47 Å². The van der Waals surface area contributed by atoms with Crippen molar-refractivity contribution in [2.45, 2.75) is 20.8 Å². The maximum atomic E-state index is 5.18. The van der Waals surface area contributed by atoms with Crippen LogP contribution in [0.3, 0.4) is 0 Å². The Hall–Kier alpha value is -0.660. The molecule has 0 aromatic heterocycles. The highest BCUT2D eigenvalue weighted by Crippen LogP contribution is 2.22. The van der Waals surface area contributed by atoms with E-state index in [9.17, 15) is 0 Å². The van der Waals surface area contributed by atoms with E-state index in [1.807, 2.05) is 6.92 Å². The molecule has 1 rings (SSSR count). The highest BCUT2D eigenvalue weighted by atomic mass is 16.7. The Morgan fingerprint density at radius 1 is 1.33 bits per heavy atom. The van der Waals surface area contributed by atoms with Crippen LogP contribution in [0.1, 0.15) is 20.8 Å². The van der Waals surface area contributed by atoms with Gasteiger partial charge in [-0.25, -0.2) is 0 Å². The molecule has 1 aliphatic rings. The minimum Gasteiger partial charge on any atom is -0.459 e. The molecule has 0 saturated carbocycles. The Kier molecular flexibility index (Phi) is 1.65. The number of rotatable bonds is 1. The molecule has 1 heterocycles. The molecule has 0 bridgehead atoms. The molecule has 1 aliphatic heterocycles. The van der Waals surface area contributed by atoms with Crippen molar-refractivity contribution in [3.05, 3.63) is 11.5 Å². The first-order valence-corrected chi connectivity index (χ1v) is 3.18. The fourth-order valence-corrected chi connectivity index (χ4v) is 0.927. The zero-order chi connectivity index (χ0) is 6.85. The standard InChI is InChI=1S/C7H12O2/c1-5(2)7-6(3)8-4-9-7/h5H,4H2,1-3H3. The number of ether oxygens (including phenoxy) is 2. The van der Waals surface area contributed by atoms with Gasteiger partial charge in [0.1, 0.15) is 11.5 Å². The van der Waals surface area contributed by atoms with Crippen LogP contribution in [0.15, 0.2) is 11.5 Å². The van der Waals surface area contributed by atoms with Crippen molar-refractivity contribution in [1.29, 1.82) is 0 Å². The molecule has 0 aliphatic carbocycles. The van der Waals surface area contributed by atoms with E-state index in [1.54, 1.807) is 0 Å². The molecular weight excluding hydrogens is 116 g/mol. The Balaban J connectivity index is 2.66. The van der Waals surface area contributed by atoms with Crippen molar-refractivity contribution in [3.63, 3.8) is 0 Å². The Morgan fingerprint density at radius 3 is 2.22 bits per heavy atom. The van der Waals surface area contributed by atoms with Gasteiger partial charge in [0.05, 0.1) is 0 Å². The van der Waals surface area contributed by atoms with E-state index in [1.165, 1.54) is 0 Å². The fraction of sp³-hybridized carbons (Fsp3) is 0.714. The maximum Gasteiger partial charge on any atom is 0.230 e. The van der Waals surface area contributed by atoms with E-state index < -0.39 is 0 Å². The third-order valence-corrected chi connectivity index (χ3v) is 1.36. The van der Waals surface area contributed by atoms with Crippen LogP contribution in [0.5, 0.6) is 0 Å². The van der Waals surface area contributed by atoms with Gasteiger partial charge in [0.15, 0.2) is 0 Å². The summed E-state index contributed by atoms with van der Waals surface area (Å²) in [6, 6.07) is 0. The van der Waals surface area contributed by atoms with E-state index in [2.05, 4.69) is 13.8 Å². The predicted molar refractivity (Wildman–Crippen MR) is 34.6 cm³/mol. The molecule has 2 heteroatoms. The number of hydrogen-bond donors (Lipinski definition) is 0. The van der Waals surface area contributed by atoms with Crippen LogP contribution in [-0.4, -0.2) is 6.79 Å². The lowest BCUT2D eigenvalue weighted by atomic mass is 10.1. The smallest absolute Gasteiger partial charge is 0.230 e. The zero-order valence-corrected chi connectivity index (χ0v) is 6.10. The van der Waals surface area contributed by atoms with Gasteiger partial charge in [-0.05, 0) is 6.92 Å². The average molecular weight is 128 g/mol. The quantitative estimate of drug-likeness (QED) is 0.536. The molecule has 0 fully saturated rings. The molecule has 0 atom stereocenters. The molecule has 52 valence electrons. The largest absolute Gasteiger partial charge is 0.459 e. The molecular formula is C7H12O2. The third-order valence-electron chi connectivity index (χ3n) is 1.36. The molecule has 2 nitrogen and oxygen atoms in total. The van der Waals surface area contributed by atoms with Gasteiger partial charge in [0.25, 0.3) is 0 Å². The summed E-state index contributed by atoms with van der Waals surface area (Å²) in [5.41, 5.74) is 0. The van der Waals surface area contributed by atoms with E-state index in [0.29, 0.717) is 12.7 Å². The van der Waals surface area contributed by atoms with Gasteiger partial charge >= 0.3 is 0 Å². The van der Waals surface area contributed by atoms with Crippen molar-refractivity contribution in [2.75, 3.05) is 6.79 Å². The summed E-state index contributed by atoms with van der Waals surface area (Å²) in [6.07, 6.45) is 0. The first kappa shape index (κ1) is 6.46. The highest BCUT2D eigenvalue weighted by molar-refractivity contribution is 5.03. The monoisotopic (exact) mass is 128 g/mol. The van der Waals surface area contributed by atoms with Gasteiger partial charge in [0.2, 0.25) is 6.79 Å². The zero-order valence-electron chi connectivity index (χ0n) is 6.10. The van der Waals surface area contributed by atoms with Gasteiger partial charge < -0.3 is 9.47 Å². The lowest BCUT2D eigenvalue weighted by Crippen LogP contribution is -1.94. The summed E-state index contributed by atoms with van der Waals surface area (Å²) >= 11 is 0. The molecule has 0 aromatic carbocycles. The van der Waals surface area contributed by atoms with Crippen molar-refractivity contribution in [1.82, 2.24) is 0 Å². The Bertz CT molecular complexity index is 136. The molecule has 0 unspecified atom stereocenters. The Labute approximate surface area is 55.5 Å². The molecule has 0 saturated heterocycles. The summed E-state index contributed by atoms with van der Waals surface area (Å²) in [7, 11) is 0. The second-order valence-electron chi connectivity index (χ2n) is 2.48. The highest BCUT2D eigenvalue weighted by Gasteiger charge is 2.15. The van der Waals surface area contributed by atoms with Gasteiger partial charge in [-0.2, -0.15) is 0 Å². The van der Waals surface area contributed by atoms with Crippen LogP contribution in [0.2, 0.25) is 0 Å². The van der Waals surface area contributed by atoms with Crippen LogP contribution in [-0.2, 0) is 9.47 Å². The Morgan fingerprint density at radius 2 is 2.00 bits per heavy atom. The topological polar surface area (TPSA) is 18.5 Å². The van der Waals surface area contributed by atoms with Crippen molar-refractivity contribution in [3.8, 4) is 0 Å². The second-order valence-corrected chi connectivity index (χ2v) is 2.48. The number of allylic oxidation sites excluding steroid dienone is 2. The van der Waals surface area contributed by atoms with Crippen LogP contribution in [0.4, 0.5) is 0 Å². The summed E-state index contributed by atoms with van der Waals surface area (Å²) in [5, 5.41) is 0. The van der Waals surface area contributed by atoms with Gasteiger partial charge in [0, 0.05) is 5.92 Å². The SMILES string of the molecule is CC1=C(C(C)C)OCO1. The van der Waals surface area contributed by atoms with Crippen molar-refractivity contribution in [2.24, 2.45) is 5.92 Å². The third kappa shape index (κ3) is 1.18. The number of hydrogen-bond acceptors (Lipinski definition) is 2. The lowest BCUT2D eigenvalue weighted by Gasteiger charge is -2.03. The normalized spacial score (nSPS) is 18.2. The minimum absolute atomic E-state index is 0.402. The van der Waals surface area contributed by atoms with Gasteiger partial charge in [-0.15, -0.1) is 0 Å². The maximum absolute atomic E-state index is 5.18. The summed E-state index contributed by atoms with van der Waals surface area (Å²) in [5.74, 6) is 2.38. The lowest BCUT2D eigenvalue weighted by molar-refractivity contribution is 0.0653. The summed E-state index contributed by atoms with van der Waals surface area (Å²) < 4.78 is 10.3. The van der Waals surface area contributed by atoms with Crippen LogP contribution < -0.4 is 0 Å². The minimum atomic E-state index is 0.402. The molecule has 0 spiro atoms. The van der Waals surface area contributed by atoms with Crippen molar-refractivity contribution >= 4 is 0 Å². The van der Waals surface area contributed by atoms with Gasteiger partial charge in [-0.3, -0.25) is 0 Å².